The molecule has 0 bridgehead atoms. The number of amides is 1. The molecule has 4 heteroatoms. The molecule has 2 unspecified atom stereocenters. The van der Waals surface area contributed by atoms with Gasteiger partial charge in [0.2, 0.25) is 5.91 Å². The van der Waals surface area contributed by atoms with Crippen LogP contribution in [0.15, 0.2) is 0 Å². The average molecular weight is 267 g/mol. The van der Waals surface area contributed by atoms with Crippen molar-refractivity contribution in [3.05, 3.63) is 0 Å². The molecular formula is C15H29N3O. The lowest BCUT2D eigenvalue weighted by Gasteiger charge is -2.47. The Hall–Kier alpha value is -0.610. The highest BCUT2D eigenvalue weighted by molar-refractivity contribution is 5.76. The first-order chi connectivity index (χ1) is 9.03. The second-order valence-electron chi connectivity index (χ2n) is 6.66. The Labute approximate surface area is 117 Å². The third kappa shape index (κ3) is 3.48. The molecule has 0 saturated heterocycles. The van der Waals surface area contributed by atoms with Crippen LogP contribution in [0.2, 0.25) is 0 Å². The minimum Gasteiger partial charge on any atom is -0.354 e. The zero-order valence-electron chi connectivity index (χ0n) is 12.5. The number of rotatable bonds is 5. The molecule has 0 aromatic heterocycles. The van der Waals surface area contributed by atoms with Crippen LogP contribution >= 0.6 is 0 Å². The third-order valence-electron chi connectivity index (χ3n) is 5.26. The maximum atomic E-state index is 12.1. The molecule has 3 N–H and O–H groups in total. The summed E-state index contributed by atoms with van der Waals surface area (Å²) in [5, 5.41) is 3.14. The van der Waals surface area contributed by atoms with Crippen LogP contribution in [0.25, 0.3) is 0 Å². The fourth-order valence-electron chi connectivity index (χ4n) is 3.43. The average Bonchev–Trinajstić information content (AvgIpc) is 2.30. The van der Waals surface area contributed by atoms with Crippen LogP contribution in [0.1, 0.15) is 51.4 Å². The second kappa shape index (κ2) is 6.23. The van der Waals surface area contributed by atoms with Crippen LogP contribution in [0.4, 0.5) is 0 Å². The molecule has 0 heterocycles. The molecule has 2 rings (SSSR count). The van der Waals surface area contributed by atoms with Gasteiger partial charge in [0, 0.05) is 24.5 Å². The minimum atomic E-state index is 0.190. The Balaban J connectivity index is 1.75. The number of nitrogens with one attached hydrogen (secondary N) is 1. The number of hydrogen-bond acceptors (Lipinski definition) is 3. The van der Waals surface area contributed by atoms with Gasteiger partial charge >= 0.3 is 0 Å². The Kier molecular flexibility index (Phi) is 4.85. The monoisotopic (exact) mass is 267 g/mol. The number of carbonyl (C=O) groups excluding carboxylic acids is 1. The van der Waals surface area contributed by atoms with E-state index in [0.717, 1.165) is 19.4 Å². The molecular weight excluding hydrogens is 238 g/mol. The first-order valence-electron chi connectivity index (χ1n) is 7.73. The fourth-order valence-corrected chi connectivity index (χ4v) is 3.43. The quantitative estimate of drug-likeness (QED) is 0.793. The molecule has 0 radical (unpaired) electrons. The van der Waals surface area contributed by atoms with E-state index in [9.17, 15) is 4.79 Å². The van der Waals surface area contributed by atoms with E-state index in [0.29, 0.717) is 12.3 Å². The van der Waals surface area contributed by atoms with E-state index < -0.39 is 0 Å². The maximum Gasteiger partial charge on any atom is 0.220 e. The van der Waals surface area contributed by atoms with Gasteiger partial charge in [0.15, 0.2) is 0 Å². The van der Waals surface area contributed by atoms with Crippen molar-refractivity contribution in [1.29, 1.82) is 0 Å². The Morgan fingerprint density at radius 3 is 2.47 bits per heavy atom. The summed E-state index contributed by atoms with van der Waals surface area (Å²) < 4.78 is 0. The van der Waals surface area contributed by atoms with Crippen LogP contribution in [-0.4, -0.2) is 43.0 Å². The summed E-state index contributed by atoms with van der Waals surface area (Å²) in [6, 6.07) is 0.228. The van der Waals surface area contributed by atoms with Crippen molar-refractivity contribution in [1.82, 2.24) is 10.2 Å². The molecule has 2 saturated carbocycles. The predicted molar refractivity (Wildman–Crippen MR) is 77.8 cm³/mol. The standard InChI is InChI=1S/C15H29N3O/c1-18(2)15(8-5-9-15)11-17-14(19)10-12-6-3-4-7-13(12)16/h12-13H,3-11,16H2,1-2H3,(H,17,19). The van der Waals surface area contributed by atoms with E-state index in [-0.39, 0.29) is 17.5 Å². The SMILES string of the molecule is CN(C)C1(CNC(=O)CC2CCCCC2N)CCC1. The lowest BCUT2D eigenvalue weighted by molar-refractivity contribution is -0.123. The molecule has 0 aromatic rings. The highest BCUT2D eigenvalue weighted by Gasteiger charge is 2.39. The van der Waals surface area contributed by atoms with Gasteiger partial charge in [-0.15, -0.1) is 0 Å². The van der Waals surface area contributed by atoms with Gasteiger partial charge in [0.05, 0.1) is 0 Å². The number of nitrogens with zero attached hydrogens (tertiary/aromatic N) is 1. The molecule has 2 aliphatic carbocycles. The van der Waals surface area contributed by atoms with Crippen molar-refractivity contribution in [3.63, 3.8) is 0 Å². The van der Waals surface area contributed by atoms with Gasteiger partial charge < -0.3 is 16.0 Å². The van der Waals surface area contributed by atoms with E-state index in [4.69, 9.17) is 5.73 Å². The van der Waals surface area contributed by atoms with Gasteiger partial charge in [0.25, 0.3) is 0 Å². The lowest BCUT2D eigenvalue weighted by atomic mass is 9.75. The Bertz CT molecular complexity index is 313. The minimum absolute atomic E-state index is 0.190. The van der Waals surface area contributed by atoms with Gasteiger partial charge in [-0.05, 0) is 52.1 Å². The predicted octanol–water partition coefficient (Wildman–Crippen LogP) is 1.49. The zero-order chi connectivity index (χ0) is 13.9. The molecule has 4 nitrogen and oxygen atoms in total. The second-order valence-corrected chi connectivity index (χ2v) is 6.66. The molecule has 2 fully saturated rings. The summed E-state index contributed by atoms with van der Waals surface area (Å²) in [5.74, 6) is 0.584. The van der Waals surface area contributed by atoms with Gasteiger partial charge in [0.1, 0.15) is 0 Å². The highest BCUT2D eigenvalue weighted by Crippen LogP contribution is 2.35. The van der Waals surface area contributed by atoms with Gasteiger partial charge in [-0.1, -0.05) is 12.8 Å². The highest BCUT2D eigenvalue weighted by atomic mass is 16.1. The van der Waals surface area contributed by atoms with E-state index in [1.165, 1.54) is 32.1 Å². The van der Waals surface area contributed by atoms with E-state index in [1.807, 2.05) is 0 Å². The summed E-state index contributed by atoms with van der Waals surface area (Å²) in [6.45, 7) is 0.792. The Morgan fingerprint density at radius 1 is 1.26 bits per heavy atom. The fraction of sp³-hybridized carbons (Fsp3) is 0.933. The number of likely N-dealkylation sites (N-methyl/N-ethyl adjacent to an activating group) is 1. The van der Waals surface area contributed by atoms with Crippen LogP contribution < -0.4 is 11.1 Å². The summed E-state index contributed by atoms with van der Waals surface area (Å²) in [6.07, 6.45) is 8.95. The van der Waals surface area contributed by atoms with Crippen molar-refractivity contribution in [3.8, 4) is 0 Å². The summed E-state index contributed by atoms with van der Waals surface area (Å²) >= 11 is 0. The van der Waals surface area contributed by atoms with Gasteiger partial charge in [-0.25, -0.2) is 0 Å². The summed E-state index contributed by atoms with van der Waals surface area (Å²) in [4.78, 5) is 14.3. The van der Waals surface area contributed by atoms with Crippen molar-refractivity contribution < 1.29 is 4.79 Å². The van der Waals surface area contributed by atoms with Gasteiger partial charge in [-0.3, -0.25) is 4.79 Å². The van der Waals surface area contributed by atoms with Crippen LogP contribution in [-0.2, 0) is 4.79 Å². The zero-order valence-corrected chi connectivity index (χ0v) is 12.5. The van der Waals surface area contributed by atoms with Gasteiger partial charge in [-0.2, -0.15) is 0 Å². The first kappa shape index (κ1) is 14.8. The normalized spacial score (nSPS) is 29.9. The van der Waals surface area contributed by atoms with Crippen molar-refractivity contribution in [2.45, 2.75) is 62.9 Å². The number of hydrogen-bond donors (Lipinski definition) is 2. The molecule has 2 atom stereocenters. The Morgan fingerprint density at radius 2 is 1.95 bits per heavy atom. The van der Waals surface area contributed by atoms with E-state index in [2.05, 4.69) is 24.3 Å². The smallest absolute Gasteiger partial charge is 0.220 e. The topological polar surface area (TPSA) is 58.4 Å². The molecule has 19 heavy (non-hydrogen) atoms. The molecule has 110 valence electrons. The lowest BCUT2D eigenvalue weighted by Crippen LogP contribution is -2.57. The van der Waals surface area contributed by atoms with E-state index in [1.54, 1.807) is 0 Å². The molecule has 0 spiro atoms. The van der Waals surface area contributed by atoms with Crippen molar-refractivity contribution in [2.24, 2.45) is 11.7 Å². The molecule has 0 aliphatic heterocycles. The largest absolute Gasteiger partial charge is 0.354 e. The van der Waals surface area contributed by atoms with Crippen molar-refractivity contribution in [2.75, 3.05) is 20.6 Å². The van der Waals surface area contributed by atoms with E-state index >= 15 is 0 Å². The number of carbonyl (C=O) groups is 1. The van der Waals surface area contributed by atoms with Crippen LogP contribution in [0, 0.1) is 5.92 Å². The number of nitrogens with two attached hydrogens (primary N) is 1. The third-order valence-corrected chi connectivity index (χ3v) is 5.26. The summed E-state index contributed by atoms with van der Waals surface area (Å²) in [5.41, 5.74) is 6.32. The van der Waals surface area contributed by atoms with Crippen molar-refractivity contribution >= 4 is 5.91 Å². The first-order valence-corrected chi connectivity index (χ1v) is 7.73. The van der Waals surface area contributed by atoms with Crippen LogP contribution in [0.5, 0.6) is 0 Å². The molecule has 1 amide bonds. The van der Waals surface area contributed by atoms with Crippen LogP contribution in [0.3, 0.4) is 0 Å². The maximum absolute atomic E-state index is 12.1. The summed E-state index contributed by atoms with van der Waals surface area (Å²) in [7, 11) is 4.23. The molecule has 2 aliphatic rings. The molecule has 0 aromatic carbocycles.